The average Bonchev–Trinajstić information content (AvgIpc) is 2.87. The van der Waals surface area contributed by atoms with Crippen LogP contribution in [0.3, 0.4) is 0 Å². The molecule has 0 amide bonds. The lowest BCUT2D eigenvalue weighted by Gasteiger charge is -2.39. The van der Waals surface area contributed by atoms with E-state index >= 15 is 0 Å². The van der Waals surface area contributed by atoms with E-state index in [2.05, 4.69) is 9.88 Å². The van der Waals surface area contributed by atoms with E-state index in [4.69, 9.17) is 15.2 Å². The molecule has 2 aliphatic rings. The molecule has 0 radical (unpaired) electrons. The molecule has 0 aliphatic carbocycles. The molecule has 1 spiro atoms. The topological polar surface area (TPSA) is 60.6 Å². The Labute approximate surface area is 107 Å². The zero-order valence-electron chi connectivity index (χ0n) is 10.5. The zero-order chi connectivity index (χ0) is 12.4. The average molecular weight is 249 g/mol. The number of rotatable bonds is 2. The number of nitrogens with zero attached hydrogens (tertiary/aromatic N) is 2. The second kappa shape index (κ2) is 4.84. The van der Waals surface area contributed by atoms with Crippen LogP contribution in [-0.4, -0.2) is 37.1 Å². The highest BCUT2D eigenvalue weighted by atomic mass is 16.7. The van der Waals surface area contributed by atoms with Gasteiger partial charge in [0, 0.05) is 19.5 Å². The molecule has 1 aromatic rings. The van der Waals surface area contributed by atoms with Crippen LogP contribution in [0.15, 0.2) is 18.2 Å². The van der Waals surface area contributed by atoms with Crippen molar-refractivity contribution in [2.24, 2.45) is 5.73 Å². The molecule has 2 fully saturated rings. The van der Waals surface area contributed by atoms with E-state index in [0.29, 0.717) is 19.8 Å². The van der Waals surface area contributed by atoms with E-state index < -0.39 is 5.79 Å². The molecule has 2 N–H and O–H groups in total. The SMILES string of the molecule is NCc1cccc(N2CCCC3(C2)OCCO3)n1. The lowest BCUT2D eigenvalue weighted by molar-refractivity contribution is -0.161. The van der Waals surface area contributed by atoms with Crippen LogP contribution in [0.25, 0.3) is 0 Å². The highest BCUT2D eigenvalue weighted by molar-refractivity contribution is 5.40. The normalized spacial score (nSPS) is 22.6. The van der Waals surface area contributed by atoms with Gasteiger partial charge in [-0.1, -0.05) is 6.07 Å². The molecule has 98 valence electrons. The van der Waals surface area contributed by atoms with Gasteiger partial charge < -0.3 is 20.1 Å². The molecule has 2 aliphatic heterocycles. The molecule has 0 bridgehead atoms. The lowest BCUT2D eigenvalue weighted by Crippen LogP contribution is -2.49. The molecule has 0 unspecified atom stereocenters. The van der Waals surface area contributed by atoms with Gasteiger partial charge >= 0.3 is 0 Å². The Balaban J connectivity index is 1.78. The van der Waals surface area contributed by atoms with Crippen molar-refractivity contribution in [1.82, 2.24) is 4.98 Å². The molecule has 1 aromatic heterocycles. The van der Waals surface area contributed by atoms with Crippen molar-refractivity contribution in [2.75, 3.05) is 31.2 Å². The molecular formula is C13H19N3O2. The standard InChI is InChI=1S/C13H19N3O2/c14-9-11-3-1-4-12(15-11)16-6-2-5-13(10-16)17-7-8-18-13/h1,3-4H,2,5-10,14H2. The van der Waals surface area contributed by atoms with Crippen LogP contribution in [0.1, 0.15) is 18.5 Å². The van der Waals surface area contributed by atoms with E-state index in [-0.39, 0.29) is 0 Å². The van der Waals surface area contributed by atoms with Crippen LogP contribution in [0.5, 0.6) is 0 Å². The number of hydrogen-bond donors (Lipinski definition) is 1. The van der Waals surface area contributed by atoms with E-state index in [1.165, 1.54) is 0 Å². The van der Waals surface area contributed by atoms with Crippen molar-refractivity contribution in [3.05, 3.63) is 23.9 Å². The fourth-order valence-electron chi connectivity index (χ4n) is 2.67. The smallest absolute Gasteiger partial charge is 0.186 e. The maximum absolute atomic E-state index is 5.77. The van der Waals surface area contributed by atoms with Gasteiger partial charge in [0.15, 0.2) is 5.79 Å². The Hall–Kier alpha value is -1.17. The van der Waals surface area contributed by atoms with Gasteiger partial charge in [0.05, 0.1) is 25.5 Å². The summed E-state index contributed by atoms with van der Waals surface area (Å²) in [6.45, 7) is 3.62. The molecule has 5 nitrogen and oxygen atoms in total. The third-order valence-electron chi connectivity index (χ3n) is 3.56. The Morgan fingerprint density at radius 3 is 2.94 bits per heavy atom. The summed E-state index contributed by atoms with van der Waals surface area (Å²) in [6, 6.07) is 5.97. The second-order valence-corrected chi connectivity index (χ2v) is 4.82. The number of nitrogens with two attached hydrogens (primary N) is 1. The van der Waals surface area contributed by atoms with Crippen LogP contribution in [0.2, 0.25) is 0 Å². The number of piperidine rings is 1. The van der Waals surface area contributed by atoms with E-state index in [1.807, 2.05) is 18.2 Å². The molecular weight excluding hydrogens is 230 g/mol. The van der Waals surface area contributed by atoms with Crippen LogP contribution in [0, 0.1) is 0 Å². The molecule has 0 atom stereocenters. The van der Waals surface area contributed by atoms with E-state index in [1.54, 1.807) is 0 Å². The first kappa shape index (κ1) is 11.9. The number of pyridine rings is 1. The van der Waals surface area contributed by atoms with Crippen molar-refractivity contribution >= 4 is 5.82 Å². The third kappa shape index (κ3) is 2.21. The number of anilines is 1. The molecule has 5 heteroatoms. The molecule has 18 heavy (non-hydrogen) atoms. The molecule has 3 heterocycles. The monoisotopic (exact) mass is 249 g/mol. The molecule has 2 saturated heterocycles. The summed E-state index contributed by atoms with van der Waals surface area (Å²) >= 11 is 0. The first-order valence-corrected chi connectivity index (χ1v) is 6.50. The third-order valence-corrected chi connectivity index (χ3v) is 3.56. The Kier molecular flexibility index (Phi) is 3.20. The summed E-state index contributed by atoms with van der Waals surface area (Å²) in [5.74, 6) is 0.565. The van der Waals surface area contributed by atoms with Gasteiger partial charge in [0.25, 0.3) is 0 Å². The van der Waals surface area contributed by atoms with Crippen LogP contribution in [0.4, 0.5) is 5.82 Å². The van der Waals surface area contributed by atoms with Gasteiger partial charge in [-0.2, -0.15) is 0 Å². The maximum atomic E-state index is 5.77. The molecule has 0 saturated carbocycles. The fourth-order valence-corrected chi connectivity index (χ4v) is 2.67. The summed E-state index contributed by atoms with van der Waals surface area (Å²) in [4.78, 5) is 6.79. The van der Waals surface area contributed by atoms with Crippen molar-refractivity contribution in [3.63, 3.8) is 0 Å². The number of hydrogen-bond acceptors (Lipinski definition) is 5. The highest BCUT2D eigenvalue weighted by Gasteiger charge is 2.41. The molecule has 3 rings (SSSR count). The zero-order valence-corrected chi connectivity index (χ0v) is 10.5. The molecule has 0 aromatic carbocycles. The van der Waals surface area contributed by atoms with Crippen molar-refractivity contribution < 1.29 is 9.47 Å². The maximum Gasteiger partial charge on any atom is 0.186 e. The highest BCUT2D eigenvalue weighted by Crippen LogP contribution is 2.31. The van der Waals surface area contributed by atoms with Crippen molar-refractivity contribution in [1.29, 1.82) is 0 Å². The second-order valence-electron chi connectivity index (χ2n) is 4.82. The van der Waals surface area contributed by atoms with Gasteiger partial charge in [-0.3, -0.25) is 0 Å². The predicted molar refractivity (Wildman–Crippen MR) is 68.2 cm³/mol. The van der Waals surface area contributed by atoms with Crippen LogP contribution >= 0.6 is 0 Å². The fraction of sp³-hybridized carbons (Fsp3) is 0.615. The van der Waals surface area contributed by atoms with Gasteiger partial charge in [0.1, 0.15) is 5.82 Å². The Morgan fingerprint density at radius 1 is 1.33 bits per heavy atom. The van der Waals surface area contributed by atoms with Crippen LogP contribution in [-0.2, 0) is 16.0 Å². The summed E-state index contributed by atoms with van der Waals surface area (Å²) in [7, 11) is 0. The lowest BCUT2D eigenvalue weighted by atomic mass is 10.0. The minimum atomic E-state index is -0.404. The van der Waals surface area contributed by atoms with E-state index in [9.17, 15) is 0 Å². The summed E-state index contributed by atoms with van der Waals surface area (Å²) in [6.07, 6.45) is 2.04. The Bertz CT molecular complexity index is 418. The number of ether oxygens (including phenoxy) is 2. The minimum absolute atomic E-state index is 0.404. The summed E-state index contributed by atoms with van der Waals surface area (Å²) < 4.78 is 11.5. The predicted octanol–water partition coefficient (Wildman–Crippen LogP) is 0.884. The first-order chi connectivity index (χ1) is 8.81. The number of aromatic nitrogens is 1. The largest absolute Gasteiger partial charge is 0.351 e. The van der Waals surface area contributed by atoms with Crippen molar-refractivity contribution in [3.8, 4) is 0 Å². The van der Waals surface area contributed by atoms with Gasteiger partial charge in [-0.25, -0.2) is 4.98 Å². The van der Waals surface area contributed by atoms with Gasteiger partial charge in [0.2, 0.25) is 0 Å². The summed E-state index contributed by atoms with van der Waals surface area (Å²) in [5, 5.41) is 0. The van der Waals surface area contributed by atoms with Crippen molar-refractivity contribution in [2.45, 2.75) is 25.2 Å². The summed E-state index contributed by atoms with van der Waals surface area (Å²) in [5.41, 5.74) is 6.55. The van der Waals surface area contributed by atoms with Crippen LogP contribution < -0.4 is 10.6 Å². The Morgan fingerprint density at radius 2 is 2.17 bits per heavy atom. The minimum Gasteiger partial charge on any atom is -0.351 e. The van der Waals surface area contributed by atoms with Gasteiger partial charge in [-0.05, 0) is 18.6 Å². The van der Waals surface area contributed by atoms with Gasteiger partial charge in [-0.15, -0.1) is 0 Å². The first-order valence-electron chi connectivity index (χ1n) is 6.50. The quantitative estimate of drug-likeness (QED) is 0.843. The van der Waals surface area contributed by atoms with E-state index in [0.717, 1.165) is 37.4 Å².